The number of nitrogens with zero attached hydrogens (tertiary/aromatic N) is 2. The van der Waals surface area contributed by atoms with Gasteiger partial charge in [-0.3, -0.25) is 4.79 Å². The van der Waals surface area contributed by atoms with Gasteiger partial charge in [0.2, 0.25) is 0 Å². The first-order valence-corrected chi connectivity index (χ1v) is 8.39. The molecule has 1 heterocycles. The fraction of sp³-hybridized carbons (Fsp3) is 0.0952. The second kappa shape index (κ2) is 8.56. The van der Waals surface area contributed by atoms with Crippen LogP contribution in [0.2, 0.25) is 0 Å². The van der Waals surface area contributed by atoms with Crippen molar-refractivity contribution in [2.75, 3.05) is 24.9 Å². The lowest BCUT2D eigenvalue weighted by atomic mass is 10.2. The van der Waals surface area contributed by atoms with E-state index in [1.165, 1.54) is 13.3 Å². The first-order chi connectivity index (χ1) is 13.6. The Bertz CT molecular complexity index is 1010. The van der Waals surface area contributed by atoms with Crippen molar-refractivity contribution >= 4 is 23.1 Å². The molecule has 7 nitrogen and oxygen atoms in total. The molecule has 0 aliphatic carbocycles. The van der Waals surface area contributed by atoms with Crippen LogP contribution >= 0.6 is 0 Å². The number of nitrogens with one attached hydrogen (secondary N) is 2. The number of ether oxygens (including phenoxy) is 2. The zero-order valence-electron chi connectivity index (χ0n) is 15.4. The third-order valence-corrected chi connectivity index (χ3v) is 3.97. The minimum Gasteiger partial charge on any atom is -0.497 e. The van der Waals surface area contributed by atoms with Crippen LogP contribution in [0.5, 0.6) is 11.5 Å². The molecule has 2 aromatic carbocycles. The molecule has 0 aliphatic heterocycles. The second-order valence-electron chi connectivity index (χ2n) is 5.77. The summed E-state index contributed by atoms with van der Waals surface area (Å²) in [5.74, 6) is 1.42. The predicted octanol–water partition coefficient (Wildman–Crippen LogP) is 3.97. The van der Waals surface area contributed by atoms with Gasteiger partial charge in [-0.05, 0) is 48.5 Å². The summed E-state index contributed by atoms with van der Waals surface area (Å²) in [6.45, 7) is 0. The molecule has 3 aromatic rings. The third-order valence-electron chi connectivity index (χ3n) is 3.97. The van der Waals surface area contributed by atoms with E-state index in [1.807, 2.05) is 0 Å². The van der Waals surface area contributed by atoms with Gasteiger partial charge in [0.05, 0.1) is 37.1 Å². The molecule has 0 atom stereocenters. The van der Waals surface area contributed by atoms with Crippen LogP contribution in [-0.2, 0) is 0 Å². The van der Waals surface area contributed by atoms with E-state index in [2.05, 4.69) is 21.7 Å². The van der Waals surface area contributed by atoms with Crippen LogP contribution in [-0.4, -0.2) is 25.1 Å². The number of benzene rings is 2. The minimum absolute atomic E-state index is 0.305. The summed E-state index contributed by atoms with van der Waals surface area (Å²) < 4.78 is 10.4. The molecule has 0 radical (unpaired) electrons. The number of aromatic nitrogens is 1. The maximum atomic E-state index is 12.5. The average molecular weight is 374 g/mol. The molecule has 7 heteroatoms. The van der Waals surface area contributed by atoms with E-state index in [0.29, 0.717) is 34.1 Å². The number of rotatable bonds is 6. The van der Waals surface area contributed by atoms with Gasteiger partial charge in [-0.2, -0.15) is 5.26 Å². The van der Waals surface area contributed by atoms with Crippen molar-refractivity contribution in [3.8, 4) is 17.6 Å². The van der Waals surface area contributed by atoms with Gasteiger partial charge in [0.25, 0.3) is 5.91 Å². The molecule has 0 fully saturated rings. The van der Waals surface area contributed by atoms with Crippen molar-refractivity contribution in [2.45, 2.75) is 0 Å². The zero-order chi connectivity index (χ0) is 19.9. The summed E-state index contributed by atoms with van der Waals surface area (Å²) in [6, 6.07) is 17.6. The smallest absolute Gasteiger partial charge is 0.257 e. The van der Waals surface area contributed by atoms with Crippen LogP contribution in [0.4, 0.5) is 17.2 Å². The summed E-state index contributed by atoms with van der Waals surface area (Å²) in [7, 11) is 3.09. The number of nitriles is 1. The fourth-order valence-electron chi connectivity index (χ4n) is 2.47. The van der Waals surface area contributed by atoms with E-state index in [4.69, 9.17) is 14.7 Å². The lowest BCUT2D eigenvalue weighted by Gasteiger charge is -2.12. The summed E-state index contributed by atoms with van der Waals surface area (Å²) >= 11 is 0. The van der Waals surface area contributed by atoms with Crippen LogP contribution < -0.4 is 20.1 Å². The Balaban J connectivity index is 1.69. The first kappa shape index (κ1) is 18.7. The maximum absolute atomic E-state index is 12.5. The van der Waals surface area contributed by atoms with Crippen LogP contribution in [0.15, 0.2) is 60.8 Å². The average Bonchev–Trinajstić information content (AvgIpc) is 2.75. The quantitative estimate of drug-likeness (QED) is 0.678. The Morgan fingerprint density at radius 1 is 1.04 bits per heavy atom. The molecule has 3 rings (SSSR count). The monoisotopic (exact) mass is 374 g/mol. The van der Waals surface area contributed by atoms with Gasteiger partial charge < -0.3 is 20.1 Å². The standard InChI is InChI=1S/C21H18N4O3/c1-27-17-8-9-18(19(11-17)28-2)25-21(26)15-5-10-20(23-13-15)24-16-6-3-14(12-22)4-7-16/h3-11,13H,1-2H3,(H,23,24)(H,25,26). The van der Waals surface area contributed by atoms with E-state index in [9.17, 15) is 4.79 Å². The normalized spacial score (nSPS) is 9.89. The van der Waals surface area contributed by atoms with E-state index < -0.39 is 0 Å². The highest BCUT2D eigenvalue weighted by Gasteiger charge is 2.11. The largest absolute Gasteiger partial charge is 0.497 e. The van der Waals surface area contributed by atoms with Gasteiger partial charge in [-0.15, -0.1) is 0 Å². The van der Waals surface area contributed by atoms with Crippen LogP contribution in [0, 0.1) is 11.3 Å². The van der Waals surface area contributed by atoms with Crippen molar-refractivity contribution < 1.29 is 14.3 Å². The maximum Gasteiger partial charge on any atom is 0.257 e. The molecule has 0 saturated carbocycles. The molecule has 0 aliphatic rings. The van der Waals surface area contributed by atoms with Gasteiger partial charge in [-0.1, -0.05) is 0 Å². The lowest BCUT2D eigenvalue weighted by Crippen LogP contribution is -2.13. The highest BCUT2D eigenvalue weighted by molar-refractivity contribution is 6.05. The summed E-state index contributed by atoms with van der Waals surface area (Å²) in [4.78, 5) is 16.7. The molecule has 140 valence electrons. The van der Waals surface area contributed by atoms with Crippen molar-refractivity contribution in [3.05, 3.63) is 71.9 Å². The van der Waals surface area contributed by atoms with E-state index >= 15 is 0 Å². The predicted molar refractivity (Wildman–Crippen MR) is 106 cm³/mol. The number of amides is 1. The molecule has 1 amide bonds. The van der Waals surface area contributed by atoms with Gasteiger partial charge >= 0.3 is 0 Å². The lowest BCUT2D eigenvalue weighted by molar-refractivity contribution is 0.102. The zero-order valence-corrected chi connectivity index (χ0v) is 15.4. The van der Waals surface area contributed by atoms with Gasteiger partial charge in [0, 0.05) is 18.0 Å². The number of anilines is 3. The van der Waals surface area contributed by atoms with Crippen molar-refractivity contribution in [1.82, 2.24) is 4.98 Å². The number of carbonyl (C=O) groups is 1. The summed E-state index contributed by atoms with van der Waals surface area (Å²) in [6.07, 6.45) is 1.48. The van der Waals surface area contributed by atoms with Crippen LogP contribution in [0.3, 0.4) is 0 Å². The Morgan fingerprint density at radius 2 is 1.82 bits per heavy atom. The van der Waals surface area contributed by atoms with Gasteiger partial charge in [0.15, 0.2) is 0 Å². The molecule has 0 spiro atoms. The molecular formula is C21H18N4O3. The number of methoxy groups -OCH3 is 2. The highest BCUT2D eigenvalue weighted by Crippen LogP contribution is 2.29. The van der Waals surface area contributed by atoms with E-state index in [1.54, 1.807) is 61.7 Å². The molecule has 1 aromatic heterocycles. The molecule has 0 saturated heterocycles. The van der Waals surface area contributed by atoms with Gasteiger partial charge in [-0.25, -0.2) is 4.98 Å². The minimum atomic E-state index is -0.305. The van der Waals surface area contributed by atoms with E-state index in [-0.39, 0.29) is 5.91 Å². The summed E-state index contributed by atoms with van der Waals surface area (Å²) in [5.41, 5.74) is 2.32. The SMILES string of the molecule is COc1ccc(NC(=O)c2ccc(Nc3ccc(C#N)cc3)nc2)c(OC)c1. The topological polar surface area (TPSA) is 96.3 Å². The van der Waals surface area contributed by atoms with Crippen LogP contribution in [0.1, 0.15) is 15.9 Å². The third kappa shape index (κ3) is 4.37. The van der Waals surface area contributed by atoms with Crippen molar-refractivity contribution in [2.24, 2.45) is 0 Å². The Kier molecular flexibility index (Phi) is 5.72. The Labute approximate surface area is 162 Å². The molecule has 0 bridgehead atoms. The Hall–Kier alpha value is -4.05. The Morgan fingerprint density at radius 3 is 2.43 bits per heavy atom. The van der Waals surface area contributed by atoms with Crippen molar-refractivity contribution in [3.63, 3.8) is 0 Å². The van der Waals surface area contributed by atoms with E-state index in [0.717, 1.165) is 5.69 Å². The number of carbonyl (C=O) groups excluding carboxylic acids is 1. The first-order valence-electron chi connectivity index (χ1n) is 8.39. The fourth-order valence-corrected chi connectivity index (χ4v) is 2.47. The second-order valence-corrected chi connectivity index (χ2v) is 5.77. The molecule has 0 unspecified atom stereocenters. The molecular weight excluding hydrogens is 356 g/mol. The molecule has 2 N–H and O–H groups in total. The van der Waals surface area contributed by atoms with Crippen LogP contribution in [0.25, 0.3) is 0 Å². The number of hydrogen-bond donors (Lipinski definition) is 2. The molecule has 28 heavy (non-hydrogen) atoms. The van der Waals surface area contributed by atoms with Crippen molar-refractivity contribution in [1.29, 1.82) is 5.26 Å². The summed E-state index contributed by atoms with van der Waals surface area (Å²) in [5, 5.41) is 14.7. The number of hydrogen-bond acceptors (Lipinski definition) is 6. The number of pyridine rings is 1. The van der Waals surface area contributed by atoms with Gasteiger partial charge in [0.1, 0.15) is 17.3 Å². The highest BCUT2D eigenvalue weighted by atomic mass is 16.5.